The van der Waals surface area contributed by atoms with E-state index < -0.39 is 6.04 Å². The van der Waals surface area contributed by atoms with Crippen molar-refractivity contribution in [2.24, 2.45) is 7.05 Å². The van der Waals surface area contributed by atoms with Crippen LogP contribution in [0.1, 0.15) is 31.3 Å². The molecule has 18 heavy (non-hydrogen) atoms. The lowest BCUT2D eigenvalue weighted by Crippen LogP contribution is -2.64. The largest absolute Gasteiger partial charge is 0.350 e. The highest BCUT2D eigenvalue weighted by Crippen LogP contribution is 2.18. The summed E-state index contributed by atoms with van der Waals surface area (Å²) in [6.45, 7) is 5.56. The molecule has 6 heteroatoms. The summed E-state index contributed by atoms with van der Waals surface area (Å²) in [5.41, 5.74) is 0.373. The Morgan fingerprint density at radius 3 is 2.61 bits per heavy atom. The SMILES string of the molecule is CC1NC(=O)C(C)N(C(=O)c2ccn(C)n2)C1C. The Labute approximate surface area is 106 Å². The fourth-order valence-electron chi connectivity index (χ4n) is 2.21. The second kappa shape index (κ2) is 4.44. The Morgan fingerprint density at radius 1 is 1.39 bits per heavy atom. The van der Waals surface area contributed by atoms with E-state index in [2.05, 4.69) is 10.4 Å². The normalized spacial score (nSPS) is 28.1. The predicted octanol–water partition coefficient (Wildman–Crippen LogP) is 0.158. The zero-order valence-corrected chi connectivity index (χ0v) is 11.0. The van der Waals surface area contributed by atoms with Crippen molar-refractivity contribution in [3.63, 3.8) is 0 Å². The van der Waals surface area contributed by atoms with Crippen LogP contribution < -0.4 is 5.32 Å². The number of amides is 2. The Kier molecular flexibility index (Phi) is 3.11. The van der Waals surface area contributed by atoms with Gasteiger partial charge in [0.05, 0.1) is 6.04 Å². The predicted molar refractivity (Wildman–Crippen MR) is 65.9 cm³/mol. The van der Waals surface area contributed by atoms with Crippen LogP contribution in [0.25, 0.3) is 0 Å². The second-order valence-corrected chi connectivity index (χ2v) is 4.80. The highest BCUT2D eigenvalue weighted by Gasteiger charge is 2.39. The number of nitrogens with zero attached hydrogens (tertiary/aromatic N) is 3. The number of carbonyl (C=O) groups excluding carboxylic acids is 2. The third-order valence-corrected chi connectivity index (χ3v) is 3.50. The van der Waals surface area contributed by atoms with E-state index in [4.69, 9.17) is 0 Å². The van der Waals surface area contributed by atoms with Crippen LogP contribution in [0.3, 0.4) is 0 Å². The van der Waals surface area contributed by atoms with E-state index in [1.807, 2.05) is 13.8 Å². The summed E-state index contributed by atoms with van der Waals surface area (Å²) in [7, 11) is 1.76. The van der Waals surface area contributed by atoms with Gasteiger partial charge in [-0.25, -0.2) is 0 Å². The number of hydrogen-bond donors (Lipinski definition) is 1. The van der Waals surface area contributed by atoms with E-state index in [1.165, 1.54) is 0 Å². The fraction of sp³-hybridized carbons (Fsp3) is 0.583. The molecule has 1 aromatic rings. The molecule has 1 aliphatic heterocycles. The number of aryl methyl sites for hydroxylation is 1. The number of piperazine rings is 1. The van der Waals surface area contributed by atoms with Crippen molar-refractivity contribution < 1.29 is 9.59 Å². The maximum Gasteiger partial charge on any atom is 0.275 e. The van der Waals surface area contributed by atoms with E-state index in [-0.39, 0.29) is 23.9 Å². The van der Waals surface area contributed by atoms with Gasteiger partial charge in [-0.2, -0.15) is 5.10 Å². The Morgan fingerprint density at radius 2 is 2.06 bits per heavy atom. The minimum atomic E-state index is -0.467. The quantitative estimate of drug-likeness (QED) is 0.772. The minimum absolute atomic E-state index is 0.0489. The third-order valence-electron chi connectivity index (χ3n) is 3.50. The lowest BCUT2D eigenvalue weighted by atomic mass is 10.0. The number of nitrogens with one attached hydrogen (secondary N) is 1. The van der Waals surface area contributed by atoms with Crippen LogP contribution in [0, 0.1) is 0 Å². The maximum atomic E-state index is 12.4. The monoisotopic (exact) mass is 250 g/mol. The molecule has 1 aromatic heterocycles. The summed E-state index contributed by atoms with van der Waals surface area (Å²) in [5, 5.41) is 6.96. The van der Waals surface area contributed by atoms with Crippen molar-refractivity contribution >= 4 is 11.8 Å². The summed E-state index contributed by atoms with van der Waals surface area (Å²) in [5.74, 6) is -0.317. The zero-order chi connectivity index (χ0) is 13.4. The van der Waals surface area contributed by atoms with Crippen LogP contribution in [0.2, 0.25) is 0 Å². The minimum Gasteiger partial charge on any atom is -0.350 e. The lowest BCUT2D eigenvalue weighted by molar-refractivity contribution is -0.130. The van der Waals surface area contributed by atoms with Gasteiger partial charge in [0.15, 0.2) is 0 Å². The zero-order valence-electron chi connectivity index (χ0n) is 11.0. The van der Waals surface area contributed by atoms with Gasteiger partial charge < -0.3 is 10.2 Å². The molecule has 0 radical (unpaired) electrons. The van der Waals surface area contributed by atoms with Crippen molar-refractivity contribution in [1.29, 1.82) is 0 Å². The average Bonchev–Trinajstić information content (AvgIpc) is 2.73. The number of rotatable bonds is 1. The fourth-order valence-corrected chi connectivity index (χ4v) is 2.21. The van der Waals surface area contributed by atoms with Gasteiger partial charge in [-0.1, -0.05) is 0 Å². The summed E-state index contributed by atoms with van der Waals surface area (Å²) in [6, 6.07) is 1.10. The Hall–Kier alpha value is -1.85. The average molecular weight is 250 g/mol. The summed E-state index contributed by atoms with van der Waals surface area (Å²) in [6.07, 6.45) is 1.72. The third kappa shape index (κ3) is 1.98. The molecule has 1 fully saturated rings. The van der Waals surface area contributed by atoms with E-state index in [1.54, 1.807) is 35.8 Å². The molecule has 2 heterocycles. The van der Waals surface area contributed by atoms with Crippen LogP contribution in [0.4, 0.5) is 0 Å². The van der Waals surface area contributed by atoms with Gasteiger partial charge in [0.1, 0.15) is 11.7 Å². The van der Waals surface area contributed by atoms with Crippen molar-refractivity contribution in [1.82, 2.24) is 20.0 Å². The Bertz CT molecular complexity index is 482. The van der Waals surface area contributed by atoms with Gasteiger partial charge in [-0.05, 0) is 26.8 Å². The molecule has 1 N–H and O–H groups in total. The molecular weight excluding hydrogens is 232 g/mol. The van der Waals surface area contributed by atoms with Crippen molar-refractivity contribution in [2.45, 2.75) is 38.9 Å². The number of aromatic nitrogens is 2. The highest BCUT2D eigenvalue weighted by molar-refractivity contribution is 5.97. The van der Waals surface area contributed by atoms with E-state index in [0.717, 1.165) is 0 Å². The van der Waals surface area contributed by atoms with Gasteiger partial charge in [-0.15, -0.1) is 0 Å². The van der Waals surface area contributed by atoms with Gasteiger partial charge in [0.25, 0.3) is 5.91 Å². The molecule has 98 valence electrons. The highest BCUT2D eigenvalue weighted by atomic mass is 16.2. The van der Waals surface area contributed by atoms with Crippen LogP contribution in [0.15, 0.2) is 12.3 Å². The molecule has 0 saturated carbocycles. The molecule has 1 saturated heterocycles. The van der Waals surface area contributed by atoms with Crippen LogP contribution in [-0.2, 0) is 11.8 Å². The molecule has 0 bridgehead atoms. The maximum absolute atomic E-state index is 12.4. The van der Waals surface area contributed by atoms with Crippen LogP contribution in [0.5, 0.6) is 0 Å². The summed E-state index contributed by atoms with van der Waals surface area (Å²) in [4.78, 5) is 25.8. The molecule has 0 spiro atoms. The standard InChI is InChI=1S/C12H18N4O2/c1-7-8(2)16(9(3)11(17)13-7)12(18)10-5-6-15(4)14-10/h5-9H,1-4H3,(H,13,17). The number of carbonyl (C=O) groups is 2. The first-order chi connectivity index (χ1) is 8.41. The second-order valence-electron chi connectivity index (χ2n) is 4.80. The topological polar surface area (TPSA) is 67.2 Å². The summed E-state index contributed by atoms with van der Waals surface area (Å²) >= 11 is 0. The molecule has 3 unspecified atom stereocenters. The lowest BCUT2D eigenvalue weighted by Gasteiger charge is -2.41. The van der Waals surface area contributed by atoms with Crippen LogP contribution >= 0.6 is 0 Å². The first-order valence-corrected chi connectivity index (χ1v) is 6.04. The van der Waals surface area contributed by atoms with Gasteiger partial charge in [-0.3, -0.25) is 14.3 Å². The molecule has 2 amide bonds. The van der Waals surface area contributed by atoms with Gasteiger partial charge >= 0.3 is 0 Å². The molecule has 3 atom stereocenters. The van der Waals surface area contributed by atoms with Gasteiger partial charge in [0.2, 0.25) is 5.91 Å². The van der Waals surface area contributed by atoms with E-state index in [9.17, 15) is 9.59 Å². The van der Waals surface area contributed by atoms with Crippen molar-refractivity contribution in [3.05, 3.63) is 18.0 Å². The van der Waals surface area contributed by atoms with E-state index in [0.29, 0.717) is 5.69 Å². The Balaban J connectivity index is 2.29. The molecule has 2 rings (SSSR count). The first kappa shape index (κ1) is 12.6. The first-order valence-electron chi connectivity index (χ1n) is 6.04. The molecule has 0 aliphatic carbocycles. The number of hydrogen-bond acceptors (Lipinski definition) is 3. The van der Waals surface area contributed by atoms with Crippen LogP contribution in [-0.4, -0.2) is 44.6 Å². The van der Waals surface area contributed by atoms with E-state index >= 15 is 0 Å². The van der Waals surface area contributed by atoms with Gasteiger partial charge in [0, 0.05) is 19.3 Å². The summed E-state index contributed by atoms with van der Waals surface area (Å²) < 4.78 is 1.58. The molecule has 6 nitrogen and oxygen atoms in total. The molecule has 0 aromatic carbocycles. The molecule has 1 aliphatic rings. The van der Waals surface area contributed by atoms with Crippen molar-refractivity contribution in [2.75, 3.05) is 0 Å². The smallest absolute Gasteiger partial charge is 0.275 e. The van der Waals surface area contributed by atoms with Crippen molar-refractivity contribution in [3.8, 4) is 0 Å². The molecular formula is C12H18N4O2.